The maximum atomic E-state index is 13.8. The lowest BCUT2D eigenvalue weighted by atomic mass is 10.0. The summed E-state index contributed by atoms with van der Waals surface area (Å²) < 4.78 is 19.6. The largest absolute Gasteiger partial charge is 0.444 e. The van der Waals surface area contributed by atoms with Crippen molar-refractivity contribution in [2.75, 3.05) is 0 Å². The van der Waals surface area contributed by atoms with E-state index >= 15 is 0 Å². The minimum absolute atomic E-state index is 0.195. The fourth-order valence-corrected chi connectivity index (χ4v) is 2.02. The zero-order valence-electron chi connectivity index (χ0n) is 11.9. The number of hydrogen-bond acceptors (Lipinski definition) is 3. The molecule has 0 saturated carbocycles. The Morgan fingerprint density at radius 3 is 2.55 bits per heavy atom. The third kappa shape index (κ3) is 5.09. The Bertz CT molecular complexity index is 486. The topological polar surface area (TPSA) is 58.6 Å². The first-order valence-corrected chi connectivity index (χ1v) is 7.02. The Labute approximate surface area is 126 Å². The fourth-order valence-electron chi connectivity index (χ4n) is 1.65. The SMILES string of the molecule is CC(O)C(NC(=O)OC(C)(C)C)c1cc(Br)ccc1F. The van der Waals surface area contributed by atoms with E-state index in [4.69, 9.17) is 4.74 Å². The van der Waals surface area contributed by atoms with E-state index in [1.54, 1.807) is 26.8 Å². The van der Waals surface area contributed by atoms with Gasteiger partial charge in [-0.1, -0.05) is 15.9 Å². The van der Waals surface area contributed by atoms with Crippen LogP contribution in [0.2, 0.25) is 0 Å². The summed E-state index contributed by atoms with van der Waals surface area (Å²) in [7, 11) is 0. The second-order valence-corrected chi connectivity index (χ2v) is 6.45. The summed E-state index contributed by atoms with van der Waals surface area (Å²) in [5, 5.41) is 12.3. The van der Waals surface area contributed by atoms with E-state index in [1.165, 1.54) is 19.1 Å². The molecule has 0 bridgehead atoms. The van der Waals surface area contributed by atoms with E-state index in [2.05, 4.69) is 21.2 Å². The van der Waals surface area contributed by atoms with Crippen molar-refractivity contribution in [3.8, 4) is 0 Å². The van der Waals surface area contributed by atoms with Crippen molar-refractivity contribution < 1.29 is 19.0 Å². The highest BCUT2D eigenvalue weighted by Gasteiger charge is 2.25. The standard InChI is InChI=1S/C14H19BrFNO3/c1-8(18)12(17-13(19)20-14(2,3)4)10-7-9(15)5-6-11(10)16/h5-8,12,18H,1-4H3,(H,17,19). The summed E-state index contributed by atoms with van der Waals surface area (Å²) in [5.41, 5.74) is -0.469. The number of aliphatic hydroxyl groups excluding tert-OH is 1. The van der Waals surface area contributed by atoms with Gasteiger partial charge in [0.1, 0.15) is 11.4 Å². The van der Waals surface area contributed by atoms with Gasteiger partial charge in [0.25, 0.3) is 0 Å². The van der Waals surface area contributed by atoms with Crippen LogP contribution in [0.4, 0.5) is 9.18 Å². The summed E-state index contributed by atoms with van der Waals surface area (Å²) in [6, 6.07) is 3.45. The number of rotatable bonds is 3. The average molecular weight is 348 g/mol. The zero-order valence-corrected chi connectivity index (χ0v) is 13.5. The van der Waals surface area contributed by atoms with E-state index in [1.807, 2.05) is 0 Å². The molecule has 1 rings (SSSR count). The van der Waals surface area contributed by atoms with Crippen molar-refractivity contribution in [3.05, 3.63) is 34.1 Å². The maximum absolute atomic E-state index is 13.8. The number of alkyl carbamates (subject to hydrolysis) is 1. The Morgan fingerprint density at radius 2 is 2.05 bits per heavy atom. The Morgan fingerprint density at radius 1 is 1.45 bits per heavy atom. The number of hydrogen-bond donors (Lipinski definition) is 2. The molecule has 0 heterocycles. The van der Waals surface area contributed by atoms with Crippen molar-refractivity contribution in [3.63, 3.8) is 0 Å². The van der Waals surface area contributed by atoms with Crippen LogP contribution in [0.5, 0.6) is 0 Å². The third-order valence-electron chi connectivity index (χ3n) is 2.45. The highest BCUT2D eigenvalue weighted by atomic mass is 79.9. The molecule has 0 radical (unpaired) electrons. The molecule has 1 aromatic carbocycles. The highest BCUT2D eigenvalue weighted by Crippen LogP contribution is 2.24. The second-order valence-electron chi connectivity index (χ2n) is 5.53. The summed E-state index contributed by atoms with van der Waals surface area (Å²) in [6.45, 7) is 6.65. The van der Waals surface area contributed by atoms with E-state index in [0.29, 0.717) is 4.47 Å². The molecule has 0 aromatic heterocycles. The van der Waals surface area contributed by atoms with Gasteiger partial charge < -0.3 is 15.2 Å². The van der Waals surface area contributed by atoms with Crippen LogP contribution in [-0.2, 0) is 4.74 Å². The molecular formula is C14H19BrFNO3. The molecule has 0 spiro atoms. The van der Waals surface area contributed by atoms with Gasteiger partial charge in [-0.25, -0.2) is 9.18 Å². The summed E-state index contributed by atoms with van der Waals surface area (Å²) in [4.78, 5) is 11.8. The molecule has 2 unspecified atom stereocenters. The van der Waals surface area contributed by atoms with Gasteiger partial charge in [-0.3, -0.25) is 0 Å². The number of ether oxygens (including phenoxy) is 1. The lowest BCUT2D eigenvalue weighted by Gasteiger charge is -2.25. The van der Waals surface area contributed by atoms with E-state index in [0.717, 1.165) is 0 Å². The summed E-state index contributed by atoms with van der Waals surface area (Å²) in [6.07, 6.45) is -1.67. The van der Waals surface area contributed by atoms with Crippen molar-refractivity contribution >= 4 is 22.0 Å². The molecule has 6 heteroatoms. The first kappa shape index (κ1) is 16.9. The Kier molecular flexibility index (Phi) is 5.53. The Balaban J connectivity index is 2.95. The second kappa shape index (κ2) is 6.54. The van der Waals surface area contributed by atoms with Gasteiger partial charge in [-0.2, -0.15) is 0 Å². The third-order valence-corrected chi connectivity index (χ3v) is 2.94. The van der Waals surface area contributed by atoms with Crippen molar-refractivity contribution in [1.82, 2.24) is 5.32 Å². The number of halogens is 2. The van der Waals surface area contributed by atoms with Gasteiger partial charge in [-0.05, 0) is 45.9 Å². The van der Waals surface area contributed by atoms with Gasteiger partial charge >= 0.3 is 6.09 Å². The minimum atomic E-state index is -0.966. The van der Waals surface area contributed by atoms with E-state index in [9.17, 15) is 14.3 Å². The molecule has 1 aromatic rings. The Hall–Kier alpha value is -1.14. The normalized spacial score (nSPS) is 14.6. The number of benzene rings is 1. The number of carbonyl (C=O) groups excluding carboxylic acids is 1. The molecule has 0 aliphatic heterocycles. The number of aliphatic hydroxyl groups is 1. The predicted octanol–water partition coefficient (Wildman–Crippen LogP) is 3.53. The molecule has 1 amide bonds. The van der Waals surface area contributed by atoms with Crippen LogP contribution in [0.25, 0.3) is 0 Å². The van der Waals surface area contributed by atoms with Crippen molar-refractivity contribution in [1.29, 1.82) is 0 Å². The molecule has 2 N–H and O–H groups in total. The van der Waals surface area contributed by atoms with Crippen LogP contribution in [-0.4, -0.2) is 22.9 Å². The van der Waals surface area contributed by atoms with Gasteiger partial charge in [0.2, 0.25) is 0 Å². The average Bonchev–Trinajstić information content (AvgIpc) is 2.27. The van der Waals surface area contributed by atoms with E-state index in [-0.39, 0.29) is 5.56 Å². The van der Waals surface area contributed by atoms with Gasteiger partial charge in [-0.15, -0.1) is 0 Å². The highest BCUT2D eigenvalue weighted by molar-refractivity contribution is 9.10. The van der Waals surface area contributed by atoms with Crippen LogP contribution < -0.4 is 5.32 Å². The molecular weight excluding hydrogens is 329 g/mol. The van der Waals surface area contributed by atoms with Crippen LogP contribution in [0, 0.1) is 5.82 Å². The van der Waals surface area contributed by atoms with Crippen LogP contribution in [0.3, 0.4) is 0 Å². The minimum Gasteiger partial charge on any atom is -0.444 e. The number of nitrogens with one attached hydrogen (secondary N) is 1. The monoisotopic (exact) mass is 347 g/mol. The molecule has 4 nitrogen and oxygen atoms in total. The fraction of sp³-hybridized carbons (Fsp3) is 0.500. The maximum Gasteiger partial charge on any atom is 0.408 e. The summed E-state index contributed by atoms with van der Waals surface area (Å²) in [5.74, 6) is -0.504. The number of amides is 1. The van der Waals surface area contributed by atoms with Crippen molar-refractivity contribution in [2.24, 2.45) is 0 Å². The van der Waals surface area contributed by atoms with Crippen LogP contribution >= 0.6 is 15.9 Å². The van der Waals surface area contributed by atoms with E-state index < -0.39 is 29.7 Å². The predicted molar refractivity (Wildman–Crippen MR) is 77.9 cm³/mol. The summed E-state index contributed by atoms with van der Waals surface area (Å²) >= 11 is 3.24. The molecule has 20 heavy (non-hydrogen) atoms. The zero-order chi connectivity index (χ0) is 15.5. The van der Waals surface area contributed by atoms with Gasteiger partial charge in [0.15, 0.2) is 0 Å². The van der Waals surface area contributed by atoms with Crippen LogP contribution in [0.1, 0.15) is 39.3 Å². The van der Waals surface area contributed by atoms with Gasteiger partial charge in [0.05, 0.1) is 12.1 Å². The van der Waals surface area contributed by atoms with Gasteiger partial charge in [0, 0.05) is 10.0 Å². The molecule has 112 valence electrons. The lowest BCUT2D eigenvalue weighted by Crippen LogP contribution is -2.39. The molecule has 0 aliphatic carbocycles. The smallest absolute Gasteiger partial charge is 0.408 e. The lowest BCUT2D eigenvalue weighted by molar-refractivity contribution is 0.0433. The molecule has 2 atom stereocenters. The molecule has 0 aliphatic rings. The number of carbonyl (C=O) groups is 1. The van der Waals surface area contributed by atoms with Crippen LogP contribution in [0.15, 0.2) is 22.7 Å². The van der Waals surface area contributed by atoms with Crippen molar-refractivity contribution in [2.45, 2.75) is 45.4 Å². The first-order valence-electron chi connectivity index (χ1n) is 6.22. The molecule has 0 saturated heterocycles. The first-order chi connectivity index (χ1) is 9.10. The molecule has 0 fully saturated rings. The quantitative estimate of drug-likeness (QED) is 0.879.